The molecule has 0 spiro atoms. The summed E-state index contributed by atoms with van der Waals surface area (Å²) in [5.41, 5.74) is 5.70. The van der Waals surface area contributed by atoms with Gasteiger partial charge in [-0.3, -0.25) is 9.59 Å². The van der Waals surface area contributed by atoms with Gasteiger partial charge in [-0.15, -0.1) is 0 Å². The Morgan fingerprint density at radius 2 is 1.57 bits per heavy atom. The molecule has 1 unspecified atom stereocenters. The van der Waals surface area contributed by atoms with Gasteiger partial charge in [-0.25, -0.2) is 0 Å². The number of nitrogens with zero attached hydrogens (tertiary/aromatic N) is 1. The average Bonchev–Trinajstić information content (AvgIpc) is 3.13. The Morgan fingerprint density at radius 3 is 2.14 bits per heavy atom. The van der Waals surface area contributed by atoms with Gasteiger partial charge in [0.15, 0.2) is 0 Å². The van der Waals surface area contributed by atoms with E-state index in [-0.39, 0.29) is 16.7 Å². The Hall–Kier alpha value is -3.86. The number of methoxy groups -OCH3 is 1. The molecule has 1 atom stereocenters. The topological polar surface area (TPSA) is 66.8 Å². The first kappa shape index (κ1) is 26.2. The van der Waals surface area contributed by atoms with E-state index < -0.39 is 17.7 Å². The number of benzene rings is 3. The van der Waals surface area contributed by atoms with Gasteiger partial charge in [0.25, 0.3) is 11.7 Å². The van der Waals surface area contributed by atoms with E-state index in [9.17, 15) is 14.7 Å². The summed E-state index contributed by atoms with van der Waals surface area (Å²) in [5, 5.41) is 11.4. The summed E-state index contributed by atoms with van der Waals surface area (Å²) in [6, 6.07) is 20.6. The number of carbonyl (C=O) groups excluding carboxylic acids is 2. The predicted molar refractivity (Wildman–Crippen MR) is 147 cm³/mol. The van der Waals surface area contributed by atoms with Gasteiger partial charge in [0, 0.05) is 12.1 Å². The fourth-order valence-corrected chi connectivity index (χ4v) is 4.71. The highest BCUT2D eigenvalue weighted by atomic mass is 16.5. The lowest BCUT2D eigenvalue weighted by Crippen LogP contribution is -2.31. The number of Topliss-reactive ketones (excluding diaryl/α,β-unsaturated/α-hetero) is 1. The zero-order valence-electron chi connectivity index (χ0n) is 22.5. The molecule has 1 N–H and O–H groups in total. The molecule has 1 aliphatic heterocycles. The maximum absolute atomic E-state index is 13.4. The van der Waals surface area contributed by atoms with Gasteiger partial charge >= 0.3 is 0 Å². The van der Waals surface area contributed by atoms with Crippen molar-refractivity contribution in [3.8, 4) is 5.75 Å². The molecule has 1 heterocycles. The van der Waals surface area contributed by atoms with Crippen molar-refractivity contribution in [3.05, 3.63) is 106 Å². The Balaban J connectivity index is 1.77. The van der Waals surface area contributed by atoms with Crippen molar-refractivity contribution in [2.75, 3.05) is 13.7 Å². The predicted octanol–water partition coefficient (Wildman–Crippen LogP) is 6.27. The SMILES string of the molecule is COc1ccc(CCN2C(=O)C(=O)/C(=C(\O)c3ccc(C)c(C)c3)C2c2ccc(C(C)(C)C)cc2)cc1. The maximum atomic E-state index is 13.4. The van der Waals surface area contributed by atoms with Gasteiger partial charge in [-0.05, 0) is 71.7 Å². The van der Waals surface area contributed by atoms with Crippen molar-refractivity contribution >= 4 is 17.4 Å². The first-order valence-electron chi connectivity index (χ1n) is 12.6. The number of ketones is 1. The fourth-order valence-electron chi connectivity index (χ4n) is 4.71. The average molecular weight is 498 g/mol. The van der Waals surface area contributed by atoms with E-state index in [4.69, 9.17) is 4.74 Å². The molecule has 0 saturated carbocycles. The van der Waals surface area contributed by atoms with Gasteiger partial charge in [0.05, 0.1) is 18.7 Å². The minimum absolute atomic E-state index is 0.0336. The Morgan fingerprint density at radius 1 is 0.919 bits per heavy atom. The van der Waals surface area contributed by atoms with Crippen LogP contribution in [0.2, 0.25) is 0 Å². The molecule has 0 aliphatic carbocycles. The molecule has 1 fully saturated rings. The highest BCUT2D eigenvalue weighted by Gasteiger charge is 2.45. The summed E-state index contributed by atoms with van der Waals surface area (Å²) in [4.78, 5) is 28.3. The first-order chi connectivity index (χ1) is 17.5. The third-order valence-electron chi connectivity index (χ3n) is 7.21. The molecule has 0 aromatic heterocycles. The van der Waals surface area contributed by atoms with Crippen LogP contribution >= 0.6 is 0 Å². The summed E-state index contributed by atoms with van der Waals surface area (Å²) in [6.07, 6.45) is 0.567. The van der Waals surface area contributed by atoms with Crippen LogP contribution < -0.4 is 4.74 Å². The van der Waals surface area contributed by atoms with E-state index in [0.29, 0.717) is 18.5 Å². The second kappa shape index (κ2) is 10.3. The van der Waals surface area contributed by atoms with Crippen LogP contribution in [0, 0.1) is 13.8 Å². The lowest BCUT2D eigenvalue weighted by molar-refractivity contribution is -0.139. The Labute approximate surface area is 219 Å². The molecule has 192 valence electrons. The fraction of sp³-hybridized carbons (Fsp3) is 0.312. The maximum Gasteiger partial charge on any atom is 0.295 e. The molecule has 3 aromatic rings. The second-order valence-corrected chi connectivity index (χ2v) is 10.8. The third kappa shape index (κ3) is 5.31. The van der Waals surface area contributed by atoms with Crippen molar-refractivity contribution in [1.29, 1.82) is 0 Å². The highest BCUT2D eigenvalue weighted by Crippen LogP contribution is 2.40. The van der Waals surface area contributed by atoms with Crippen LogP contribution in [0.1, 0.15) is 60.2 Å². The molecular weight excluding hydrogens is 462 g/mol. The number of amides is 1. The van der Waals surface area contributed by atoms with E-state index >= 15 is 0 Å². The molecule has 3 aromatic carbocycles. The quantitative estimate of drug-likeness (QED) is 0.247. The summed E-state index contributed by atoms with van der Waals surface area (Å²) in [6.45, 7) is 10.7. The van der Waals surface area contributed by atoms with Gasteiger partial charge in [-0.2, -0.15) is 0 Å². The van der Waals surface area contributed by atoms with Crippen LogP contribution in [-0.4, -0.2) is 35.4 Å². The molecule has 0 radical (unpaired) electrons. The van der Waals surface area contributed by atoms with Crippen molar-refractivity contribution in [2.24, 2.45) is 0 Å². The number of aliphatic hydroxyl groups excluding tert-OH is 1. The van der Waals surface area contributed by atoms with Gasteiger partial charge < -0.3 is 14.7 Å². The van der Waals surface area contributed by atoms with Crippen molar-refractivity contribution in [1.82, 2.24) is 4.90 Å². The van der Waals surface area contributed by atoms with Crippen LogP contribution in [0.15, 0.2) is 72.3 Å². The normalized spacial score (nSPS) is 17.4. The number of rotatable bonds is 6. The molecule has 5 nitrogen and oxygen atoms in total. The molecular formula is C32H35NO4. The van der Waals surface area contributed by atoms with Gasteiger partial charge in [-0.1, -0.05) is 69.3 Å². The van der Waals surface area contributed by atoms with E-state index in [1.165, 1.54) is 0 Å². The summed E-state index contributed by atoms with van der Waals surface area (Å²) >= 11 is 0. The lowest BCUT2D eigenvalue weighted by Gasteiger charge is -2.26. The smallest absolute Gasteiger partial charge is 0.295 e. The number of carbonyl (C=O) groups is 2. The van der Waals surface area contributed by atoms with Gasteiger partial charge in [0.2, 0.25) is 0 Å². The van der Waals surface area contributed by atoms with E-state index in [1.807, 2.05) is 74.5 Å². The van der Waals surface area contributed by atoms with E-state index in [0.717, 1.165) is 33.6 Å². The van der Waals surface area contributed by atoms with Crippen molar-refractivity contribution < 1.29 is 19.4 Å². The number of hydrogen-bond donors (Lipinski definition) is 1. The number of hydrogen-bond acceptors (Lipinski definition) is 4. The van der Waals surface area contributed by atoms with Crippen LogP contribution in [0.25, 0.3) is 5.76 Å². The summed E-state index contributed by atoms with van der Waals surface area (Å²) in [5.74, 6) is -0.631. The van der Waals surface area contributed by atoms with Crippen molar-refractivity contribution in [3.63, 3.8) is 0 Å². The van der Waals surface area contributed by atoms with Crippen LogP contribution in [0.5, 0.6) is 5.75 Å². The summed E-state index contributed by atoms with van der Waals surface area (Å²) in [7, 11) is 1.62. The molecule has 1 amide bonds. The number of aryl methyl sites for hydroxylation is 2. The molecule has 0 bridgehead atoms. The van der Waals surface area contributed by atoms with E-state index in [1.54, 1.807) is 18.1 Å². The van der Waals surface area contributed by atoms with Crippen LogP contribution in [0.4, 0.5) is 0 Å². The van der Waals surface area contributed by atoms with Gasteiger partial charge in [0.1, 0.15) is 11.5 Å². The molecule has 4 rings (SSSR count). The second-order valence-electron chi connectivity index (χ2n) is 10.8. The largest absolute Gasteiger partial charge is 0.507 e. The Kier molecular flexibility index (Phi) is 7.26. The standard InChI is InChI=1S/C32H35NO4/c1-20-7-10-24(19-21(20)2)29(34)27-28(23-11-13-25(14-12-23)32(3,4)5)33(31(36)30(27)35)18-17-22-8-15-26(37-6)16-9-22/h7-16,19,28,34H,17-18H2,1-6H3/b29-27-. The van der Waals surface area contributed by atoms with E-state index in [2.05, 4.69) is 20.8 Å². The molecule has 37 heavy (non-hydrogen) atoms. The van der Waals surface area contributed by atoms with Crippen LogP contribution in [0.3, 0.4) is 0 Å². The molecule has 1 aliphatic rings. The first-order valence-corrected chi connectivity index (χ1v) is 12.6. The summed E-state index contributed by atoms with van der Waals surface area (Å²) < 4.78 is 5.24. The number of ether oxygens (including phenoxy) is 1. The molecule has 1 saturated heterocycles. The van der Waals surface area contributed by atoms with Crippen LogP contribution in [-0.2, 0) is 21.4 Å². The zero-order chi connectivity index (χ0) is 26.9. The van der Waals surface area contributed by atoms with Crippen molar-refractivity contribution in [2.45, 2.75) is 52.5 Å². The number of aliphatic hydroxyl groups is 1. The minimum atomic E-state index is -0.672. The zero-order valence-corrected chi connectivity index (χ0v) is 22.5. The molecule has 5 heteroatoms. The highest BCUT2D eigenvalue weighted by molar-refractivity contribution is 6.46. The third-order valence-corrected chi connectivity index (χ3v) is 7.21. The minimum Gasteiger partial charge on any atom is -0.507 e. The lowest BCUT2D eigenvalue weighted by atomic mass is 9.85. The monoisotopic (exact) mass is 497 g/mol. The Bertz CT molecular complexity index is 1350. The number of likely N-dealkylation sites (tertiary alicyclic amines) is 1.